The van der Waals surface area contributed by atoms with Crippen LogP contribution in [0.4, 0.5) is 5.69 Å². The highest BCUT2D eigenvalue weighted by Gasteiger charge is 2.22. The predicted molar refractivity (Wildman–Crippen MR) is 75.2 cm³/mol. The van der Waals surface area contributed by atoms with Gasteiger partial charge in [0.25, 0.3) is 0 Å². The van der Waals surface area contributed by atoms with Gasteiger partial charge in [-0.2, -0.15) is 4.31 Å². The minimum atomic E-state index is -3.04. The van der Waals surface area contributed by atoms with Crippen LogP contribution in [0.5, 0.6) is 0 Å². The quantitative estimate of drug-likeness (QED) is 0.827. The summed E-state index contributed by atoms with van der Waals surface area (Å²) >= 11 is 0. The number of nitrogen functional groups attached to an aromatic ring is 1. The van der Waals surface area contributed by atoms with Crippen LogP contribution in [0.1, 0.15) is 5.69 Å². The van der Waals surface area contributed by atoms with Crippen molar-refractivity contribution in [1.82, 2.24) is 14.2 Å². The van der Waals surface area contributed by atoms with Gasteiger partial charge in [0.05, 0.1) is 18.1 Å². The van der Waals surface area contributed by atoms with Gasteiger partial charge in [-0.15, -0.1) is 0 Å². The summed E-state index contributed by atoms with van der Waals surface area (Å²) in [5, 5.41) is 0. The second kappa shape index (κ2) is 5.85. The van der Waals surface area contributed by atoms with Crippen LogP contribution in [0.25, 0.3) is 0 Å². The number of hydrogen-bond donors (Lipinski definition) is 1. The van der Waals surface area contributed by atoms with Crippen molar-refractivity contribution in [2.24, 2.45) is 0 Å². The van der Waals surface area contributed by atoms with Gasteiger partial charge in [-0.25, -0.2) is 8.42 Å². The standard InChI is InChI=1S/C12H20N4O2S/c1-19(17,18)16-8-6-15(7-9-16)5-4-12-3-2-11(13)10-14-12/h2-3,10H,4-9,13H2,1H3. The van der Waals surface area contributed by atoms with Gasteiger partial charge in [0.2, 0.25) is 10.0 Å². The first kappa shape index (κ1) is 14.2. The van der Waals surface area contributed by atoms with Crippen molar-refractivity contribution >= 4 is 15.7 Å². The lowest BCUT2D eigenvalue weighted by molar-refractivity contribution is 0.190. The fraction of sp³-hybridized carbons (Fsp3) is 0.583. The molecule has 0 saturated carbocycles. The van der Waals surface area contributed by atoms with Gasteiger partial charge in [-0.3, -0.25) is 4.98 Å². The van der Waals surface area contributed by atoms with Gasteiger partial charge in [-0.1, -0.05) is 0 Å². The molecule has 6 nitrogen and oxygen atoms in total. The Morgan fingerprint density at radius 3 is 2.47 bits per heavy atom. The van der Waals surface area contributed by atoms with E-state index in [0.717, 1.165) is 31.7 Å². The highest BCUT2D eigenvalue weighted by atomic mass is 32.2. The molecule has 0 spiro atoms. The molecule has 19 heavy (non-hydrogen) atoms. The van der Waals surface area contributed by atoms with E-state index in [9.17, 15) is 8.42 Å². The largest absolute Gasteiger partial charge is 0.397 e. The number of aromatic nitrogens is 1. The average molecular weight is 284 g/mol. The topological polar surface area (TPSA) is 79.5 Å². The maximum Gasteiger partial charge on any atom is 0.211 e. The zero-order valence-corrected chi connectivity index (χ0v) is 11.9. The van der Waals surface area contributed by atoms with Crippen LogP contribution in [-0.4, -0.2) is 61.6 Å². The number of rotatable bonds is 4. The maximum absolute atomic E-state index is 11.4. The molecule has 0 bridgehead atoms. The van der Waals surface area contributed by atoms with Crippen molar-refractivity contribution in [3.8, 4) is 0 Å². The van der Waals surface area contributed by atoms with E-state index in [2.05, 4.69) is 9.88 Å². The van der Waals surface area contributed by atoms with E-state index in [1.165, 1.54) is 10.6 Å². The fourth-order valence-corrected chi connectivity index (χ4v) is 2.97. The smallest absolute Gasteiger partial charge is 0.211 e. The average Bonchev–Trinajstić information content (AvgIpc) is 2.37. The Labute approximate surface area is 114 Å². The van der Waals surface area contributed by atoms with Crippen molar-refractivity contribution in [3.05, 3.63) is 24.0 Å². The number of piperazine rings is 1. The molecule has 0 radical (unpaired) electrons. The molecule has 106 valence electrons. The van der Waals surface area contributed by atoms with Crippen LogP contribution in [0, 0.1) is 0 Å². The fourth-order valence-electron chi connectivity index (χ4n) is 2.14. The molecular weight excluding hydrogens is 264 g/mol. The Bertz CT molecular complexity index is 507. The van der Waals surface area contributed by atoms with E-state index in [-0.39, 0.29) is 0 Å². The molecule has 0 aromatic carbocycles. The van der Waals surface area contributed by atoms with E-state index in [4.69, 9.17) is 5.73 Å². The number of pyridine rings is 1. The van der Waals surface area contributed by atoms with Crippen molar-refractivity contribution in [2.75, 3.05) is 44.7 Å². The molecule has 1 aliphatic heterocycles. The summed E-state index contributed by atoms with van der Waals surface area (Å²) in [5.74, 6) is 0. The third-order valence-electron chi connectivity index (χ3n) is 3.33. The molecular formula is C12H20N4O2S. The Kier molecular flexibility index (Phi) is 4.38. The van der Waals surface area contributed by atoms with Crippen LogP contribution in [-0.2, 0) is 16.4 Å². The molecule has 2 N–H and O–H groups in total. The Balaban J connectivity index is 1.78. The molecule has 1 aromatic heterocycles. The summed E-state index contributed by atoms with van der Waals surface area (Å²) in [6, 6.07) is 3.78. The molecule has 1 aliphatic rings. The van der Waals surface area contributed by atoms with E-state index in [0.29, 0.717) is 18.8 Å². The second-order valence-corrected chi connectivity index (χ2v) is 6.82. The Hall–Kier alpha value is -1.18. The molecule has 1 aromatic rings. The molecule has 0 amide bonds. The van der Waals surface area contributed by atoms with Crippen molar-refractivity contribution < 1.29 is 8.42 Å². The van der Waals surface area contributed by atoms with Gasteiger partial charge in [0, 0.05) is 44.8 Å². The van der Waals surface area contributed by atoms with E-state index in [1.54, 1.807) is 6.20 Å². The van der Waals surface area contributed by atoms with Gasteiger partial charge in [-0.05, 0) is 12.1 Å². The molecule has 7 heteroatoms. The molecule has 1 fully saturated rings. The number of nitrogens with zero attached hydrogens (tertiary/aromatic N) is 3. The highest BCUT2D eigenvalue weighted by molar-refractivity contribution is 7.88. The normalized spacial score (nSPS) is 18.6. The van der Waals surface area contributed by atoms with Crippen LogP contribution >= 0.6 is 0 Å². The number of nitrogens with two attached hydrogens (primary N) is 1. The second-order valence-electron chi connectivity index (χ2n) is 4.84. The lowest BCUT2D eigenvalue weighted by atomic mass is 10.2. The zero-order chi connectivity index (χ0) is 13.9. The summed E-state index contributed by atoms with van der Waals surface area (Å²) in [4.78, 5) is 6.52. The maximum atomic E-state index is 11.4. The van der Waals surface area contributed by atoms with Gasteiger partial charge < -0.3 is 10.6 Å². The molecule has 0 unspecified atom stereocenters. The van der Waals surface area contributed by atoms with Gasteiger partial charge >= 0.3 is 0 Å². The van der Waals surface area contributed by atoms with E-state index in [1.807, 2.05) is 12.1 Å². The SMILES string of the molecule is CS(=O)(=O)N1CCN(CCc2ccc(N)cn2)CC1. The molecule has 2 rings (SSSR count). The summed E-state index contributed by atoms with van der Waals surface area (Å²) in [7, 11) is -3.04. The predicted octanol–water partition coefficient (Wildman–Crippen LogP) is -0.216. The minimum absolute atomic E-state index is 0.577. The monoisotopic (exact) mass is 284 g/mol. The van der Waals surface area contributed by atoms with Gasteiger partial charge in [0.15, 0.2) is 0 Å². The van der Waals surface area contributed by atoms with Gasteiger partial charge in [0.1, 0.15) is 0 Å². The molecule has 0 aliphatic carbocycles. The van der Waals surface area contributed by atoms with Crippen LogP contribution in [0.3, 0.4) is 0 Å². The van der Waals surface area contributed by atoms with Crippen molar-refractivity contribution in [2.45, 2.75) is 6.42 Å². The van der Waals surface area contributed by atoms with Crippen LogP contribution in [0.15, 0.2) is 18.3 Å². The minimum Gasteiger partial charge on any atom is -0.397 e. The molecule has 0 atom stereocenters. The van der Waals surface area contributed by atoms with Crippen LogP contribution in [0.2, 0.25) is 0 Å². The molecule has 2 heterocycles. The lowest BCUT2D eigenvalue weighted by Crippen LogP contribution is -2.48. The third-order valence-corrected chi connectivity index (χ3v) is 4.64. The van der Waals surface area contributed by atoms with E-state index >= 15 is 0 Å². The third kappa shape index (κ3) is 4.15. The summed E-state index contributed by atoms with van der Waals surface area (Å²) in [6.07, 6.45) is 3.79. The zero-order valence-electron chi connectivity index (χ0n) is 11.1. The van der Waals surface area contributed by atoms with E-state index < -0.39 is 10.0 Å². The van der Waals surface area contributed by atoms with Crippen molar-refractivity contribution in [1.29, 1.82) is 0 Å². The molecule has 1 saturated heterocycles. The number of anilines is 1. The Morgan fingerprint density at radius 2 is 1.95 bits per heavy atom. The lowest BCUT2D eigenvalue weighted by Gasteiger charge is -2.33. The summed E-state index contributed by atoms with van der Waals surface area (Å²) < 4.78 is 24.3. The van der Waals surface area contributed by atoms with Crippen molar-refractivity contribution in [3.63, 3.8) is 0 Å². The number of sulfonamides is 1. The Morgan fingerprint density at radius 1 is 1.26 bits per heavy atom. The summed E-state index contributed by atoms with van der Waals surface area (Å²) in [6.45, 7) is 3.61. The first-order valence-corrected chi connectivity index (χ1v) is 8.18. The first-order valence-electron chi connectivity index (χ1n) is 6.33. The highest BCUT2D eigenvalue weighted by Crippen LogP contribution is 2.08. The number of hydrogen-bond acceptors (Lipinski definition) is 5. The van der Waals surface area contributed by atoms with Crippen LogP contribution < -0.4 is 5.73 Å². The first-order chi connectivity index (χ1) is 8.95. The summed E-state index contributed by atoms with van der Waals surface area (Å²) in [5.41, 5.74) is 7.27.